The Labute approximate surface area is 218 Å². The molecular weight excluding hydrogens is 466 g/mol. The van der Waals surface area contributed by atoms with Gasteiger partial charge in [-0.05, 0) is 78.4 Å². The number of rotatable bonds is 6. The van der Waals surface area contributed by atoms with Gasteiger partial charge in [0.15, 0.2) is 0 Å². The summed E-state index contributed by atoms with van der Waals surface area (Å²) in [4.78, 5) is 28.3. The molecule has 6 nitrogen and oxygen atoms in total. The fraction of sp³-hybridized carbons (Fsp3) is 0.290. The van der Waals surface area contributed by atoms with Gasteiger partial charge in [-0.15, -0.1) is 0 Å². The van der Waals surface area contributed by atoms with E-state index in [2.05, 4.69) is 20.8 Å². The van der Waals surface area contributed by atoms with Crippen molar-refractivity contribution in [2.75, 3.05) is 18.6 Å². The lowest BCUT2D eigenvalue weighted by Gasteiger charge is -2.27. The number of nitrogens with zero attached hydrogens (tertiary/aromatic N) is 1. The molecule has 6 heteroatoms. The van der Waals surface area contributed by atoms with Crippen LogP contribution in [0.5, 0.6) is 11.5 Å². The van der Waals surface area contributed by atoms with E-state index >= 15 is 0 Å². The van der Waals surface area contributed by atoms with Crippen LogP contribution in [0.3, 0.4) is 0 Å². The number of anilines is 1. The van der Waals surface area contributed by atoms with Gasteiger partial charge >= 0.3 is 0 Å². The van der Waals surface area contributed by atoms with Crippen LogP contribution in [0.4, 0.5) is 5.69 Å². The molecule has 0 aromatic heterocycles. The van der Waals surface area contributed by atoms with E-state index in [9.17, 15) is 14.7 Å². The second-order valence-corrected chi connectivity index (χ2v) is 10.1. The molecule has 1 amide bonds. The largest absolute Gasteiger partial charge is 0.507 e. The van der Waals surface area contributed by atoms with Gasteiger partial charge in [-0.25, -0.2) is 0 Å². The molecule has 192 valence electrons. The van der Waals surface area contributed by atoms with Crippen LogP contribution in [0.15, 0.2) is 72.3 Å². The minimum atomic E-state index is -0.798. The van der Waals surface area contributed by atoms with Crippen molar-refractivity contribution in [2.45, 2.75) is 46.1 Å². The van der Waals surface area contributed by atoms with Crippen LogP contribution >= 0.6 is 0 Å². The summed E-state index contributed by atoms with van der Waals surface area (Å²) >= 11 is 0. The van der Waals surface area contributed by atoms with Crippen molar-refractivity contribution in [3.05, 3.63) is 94.6 Å². The normalized spacial score (nSPS) is 17.2. The monoisotopic (exact) mass is 499 g/mol. The number of aryl methyl sites for hydroxylation is 1. The Morgan fingerprint density at radius 2 is 1.57 bits per heavy atom. The number of aliphatic hydroxyl groups is 1. The number of hydrogen-bond donors (Lipinski definition) is 1. The predicted molar refractivity (Wildman–Crippen MR) is 145 cm³/mol. The van der Waals surface area contributed by atoms with E-state index in [4.69, 9.17) is 9.47 Å². The molecule has 3 aromatic rings. The van der Waals surface area contributed by atoms with Crippen molar-refractivity contribution < 1.29 is 24.2 Å². The molecule has 0 saturated carbocycles. The van der Waals surface area contributed by atoms with Crippen LogP contribution in [0.2, 0.25) is 0 Å². The standard InChI is InChI=1S/C31H33NO5/c1-7-37-23-14-12-22(13-15-23)32-27(20-8-10-21(11-9-20)31(3,4)5)26(29(34)30(32)35)28(33)25-17-16-24(36-6)18-19(25)2/h8-18,27,33H,7H2,1-6H3/b28-26-. The third-order valence-corrected chi connectivity index (χ3v) is 6.65. The van der Waals surface area contributed by atoms with Gasteiger partial charge < -0.3 is 14.6 Å². The zero-order valence-corrected chi connectivity index (χ0v) is 22.2. The second kappa shape index (κ2) is 10.1. The Balaban J connectivity index is 1.90. The molecule has 1 unspecified atom stereocenters. The fourth-order valence-corrected chi connectivity index (χ4v) is 4.62. The fourth-order valence-electron chi connectivity index (χ4n) is 4.62. The first-order valence-corrected chi connectivity index (χ1v) is 12.4. The lowest BCUT2D eigenvalue weighted by molar-refractivity contribution is -0.132. The van der Waals surface area contributed by atoms with Crippen molar-refractivity contribution in [2.24, 2.45) is 0 Å². The number of carbonyl (C=O) groups is 2. The van der Waals surface area contributed by atoms with Gasteiger partial charge in [0.2, 0.25) is 0 Å². The summed E-state index contributed by atoms with van der Waals surface area (Å²) in [6.45, 7) is 10.6. The zero-order valence-electron chi connectivity index (χ0n) is 22.2. The van der Waals surface area contributed by atoms with Crippen LogP contribution in [-0.4, -0.2) is 30.5 Å². The highest BCUT2D eigenvalue weighted by Gasteiger charge is 2.47. The first-order valence-electron chi connectivity index (χ1n) is 12.4. The molecule has 1 N–H and O–H groups in total. The molecule has 0 radical (unpaired) electrons. The molecule has 1 aliphatic heterocycles. The summed E-state index contributed by atoms with van der Waals surface area (Å²) in [5.41, 5.74) is 3.59. The SMILES string of the molecule is CCOc1ccc(N2C(=O)C(=O)/C(=C(\O)c3ccc(OC)cc3C)C2c2ccc(C(C)(C)C)cc2)cc1. The Hall–Kier alpha value is -4.06. The smallest absolute Gasteiger partial charge is 0.300 e. The number of aliphatic hydroxyl groups excluding tert-OH is 1. The van der Waals surface area contributed by atoms with E-state index in [1.807, 2.05) is 38.1 Å². The molecule has 1 fully saturated rings. The van der Waals surface area contributed by atoms with Crippen LogP contribution in [0.25, 0.3) is 5.76 Å². The Bertz CT molecular complexity index is 1350. The summed E-state index contributed by atoms with van der Waals surface area (Å²) in [6.07, 6.45) is 0. The summed E-state index contributed by atoms with van der Waals surface area (Å²) < 4.78 is 10.8. The Morgan fingerprint density at radius 3 is 2.11 bits per heavy atom. The number of carbonyl (C=O) groups excluding carboxylic acids is 2. The van der Waals surface area contributed by atoms with Crippen molar-refractivity contribution in [3.63, 3.8) is 0 Å². The first kappa shape index (κ1) is 26.0. The van der Waals surface area contributed by atoms with Crippen LogP contribution in [0, 0.1) is 6.92 Å². The third kappa shape index (κ3) is 4.96. The molecule has 37 heavy (non-hydrogen) atoms. The van der Waals surface area contributed by atoms with Crippen LogP contribution < -0.4 is 14.4 Å². The van der Waals surface area contributed by atoms with Gasteiger partial charge in [-0.3, -0.25) is 14.5 Å². The molecule has 0 aliphatic carbocycles. The van der Waals surface area contributed by atoms with Gasteiger partial charge in [0.1, 0.15) is 17.3 Å². The van der Waals surface area contributed by atoms with E-state index in [1.54, 1.807) is 49.6 Å². The lowest BCUT2D eigenvalue weighted by Crippen LogP contribution is -2.29. The maximum atomic E-state index is 13.5. The molecule has 0 bridgehead atoms. The van der Waals surface area contributed by atoms with E-state index in [0.717, 1.165) is 16.7 Å². The quantitative estimate of drug-likeness (QED) is 0.244. The summed E-state index contributed by atoms with van der Waals surface area (Å²) in [5.74, 6) is -0.328. The summed E-state index contributed by atoms with van der Waals surface area (Å²) in [6, 6.07) is 19.3. The van der Waals surface area contributed by atoms with Crippen molar-refractivity contribution >= 4 is 23.1 Å². The van der Waals surface area contributed by atoms with Crippen LogP contribution in [-0.2, 0) is 15.0 Å². The van der Waals surface area contributed by atoms with Gasteiger partial charge in [0, 0.05) is 11.3 Å². The van der Waals surface area contributed by atoms with Crippen LogP contribution in [0.1, 0.15) is 56.0 Å². The molecule has 1 aliphatic rings. The van der Waals surface area contributed by atoms with Gasteiger partial charge in [0.05, 0.1) is 25.3 Å². The average molecular weight is 500 g/mol. The minimum Gasteiger partial charge on any atom is -0.507 e. The second-order valence-electron chi connectivity index (χ2n) is 10.1. The van der Waals surface area contributed by atoms with Crippen molar-refractivity contribution in [3.8, 4) is 11.5 Å². The number of amides is 1. The highest BCUT2D eigenvalue weighted by molar-refractivity contribution is 6.51. The number of hydrogen-bond acceptors (Lipinski definition) is 5. The number of ketones is 1. The van der Waals surface area contributed by atoms with Gasteiger partial charge in [0.25, 0.3) is 11.7 Å². The Morgan fingerprint density at radius 1 is 0.946 bits per heavy atom. The van der Waals surface area contributed by atoms with E-state index in [0.29, 0.717) is 29.4 Å². The zero-order chi connectivity index (χ0) is 26.9. The average Bonchev–Trinajstić information content (AvgIpc) is 3.14. The van der Waals surface area contributed by atoms with E-state index in [-0.39, 0.29) is 16.7 Å². The minimum absolute atomic E-state index is 0.0515. The predicted octanol–water partition coefficient (Wildman–Crippen LogP) is 6.33. The van der Waals surface area contributed by atoms with E-state index in [1.165, 1.54) is 4.90 Å². The summed E-state index contributed by atoms with van der Waals surface area (Å²) in [5, 5.41) is 11.5. The molecule has 3 aromatic carbocycles. The number of benzene rings is 3. The topological polar surface area (TPSA) is 76.1 Å². The van der Waals surface area contributed by atoms with Gasteiger partial charge in [-0.1, -0.05) is 45.0 Å². The van der Waals surface area contributed by atoms with Crippen molar-refractivity contribution in [1.29, 1.82) is 0 Å². The number of ether oxygens (including phenoxy) is 2. The summed E-state index contributed by atoms with van der Waals surface area (Å²) in [7, 11) is 1.57. The number of methoxy groups -OCH3 is 1. The molecule has 4 rings (SSSR count). The third-order valence-electron chi connectivity index (χ3n) is 6.65. The number of Topliss-reactive ketones (excluding diaryl/α,β-unsaturated/α-hetero) is 1. The van der Waals surface area contributed by atoms with E-state index < -0.39 is 17.7 Å². The van der Waals surface area contributed by atoms with Crippen molar-refractivity contribution in [1.82, 2.24) is 0 Å². The molecule has 0 spiro atoms. The first-order chi connectivity index (χ1) is 17.6. The maximum Gasteiger partial charge on any atom is 0.300 e. The molecule has 1 atom stereocenters. The maximum absolute atomic E-state index is 13.5. The molecule has 1 saturated heterocycles. The molecular formula is C31H33NO5. The Kier molecular flexibility index (Phi) is 7.12. The highest BCUT2D eigenvalue weighted by atomic mass is 16.5. The lowest BCUT2D eigenvalue weighted by atomic mass is 9.85. The van der Waals surface area contributed by atoms with Gasteiger partial charge in [-0.2, -0.15) is 0 Å². The highest BCUT2D eigenvalue weighted by Crippen LogP contribution is 2.43. The molecule has 1 heterocycles.